The predicted molar refractivity (Wildman–Crippen MR) is 83.2 cm³/mol. The van der Waals surface area contributed by atoms with Gasteiger partial charge in [-0.25, -0.2) is 0 Å². The van der Waals surface area contributed by atoms with Gasteiger partial charge in [-0.1, -0.05) is 17.7 Å². The molecule has 0 unspecified atom stereocenters. The fourth-order valence-corrected chi connectivity index (χ4v) is 2.04. The molecule has 6 heteroatoms. The summed E-state index contributed by atoms with van der Waals surface area (Å²) in [7, 11) is 0. The van der Waals surface area contributed by atoms with E-state index in [4.69, 9.17) is 21.3 Å². The van der Waals surface area contributed by atoms with Gasteiger partial charge in [-0.2, -0.15) is 5.26 Å². The Morgan fingerprint density at radius 3 is 2.73 bits per heavy atom. The minimum atomic E-state index is 0.384. The topological polar surface area (TPSA) is 74.7 Å². The van der Waals surface area contributed by atoms with Gasteiger partial charge in [0.2, 0.25) is 11.8 Å². The number of rotatable bonds is 4. The second kappa shape index (κ2) is 6.29. The number of anilines is 1. The van der Waals surface area contributed by atoms with Crippen LogP contribution in [0.25, 0.3) is 11.5 Å². The molecule has 0 aliphatic heterocycles. The molecule has 0 atom stereocenters. The van der Waals surface area contributed by atoms with E-state index in [1.54, 1.807) is 24.3 Å². The van der Waals surface area contributed by atoms with Crippen molar-refractivity contribution < 1.29 is 4.42 Å². The predicted octanol–water partition coefficient (Wildman–Crippen LogP) is 3.87. The van der Waals surface area contributed by atoms with Crippen molar-refractivity contribution in [3.05, 3.63) is 65.0 Å². The highest BCUT2D eigenvalue weighted by molar-refractivity contribution is 6.30. The van der Waals surface area contributed by atoms with Gasteiger partial charge in [0.25, 0.3) is 0 Å². The number of hydrogen-bond acceptors (Lipinski definition) is 5. The van der Waals surface area contributed by atoms with E-state index in [0.29, 0.717) is 28.9 Å². The Labute approximate surface area is 132 Å². The van der Waals surface area contributed by atoms with Crippen LogP contribution in [0.15, 0.2) is 52.9 Å². The zero-order valence-corrected chi connectivity index (χ0v) is 12.2. The number of aromatic nitrogens is 2. The van der Waals surface area contributed by atoms with E-state index in [1.165, 1.54) is 0 Å². The van der Waals surface area contributed by atoms with Crippen LogP contribution in [0.4, 0.5) is 5.69 Å². The highest BCUT2D eigenvalue weighted by atomic mass is 35.5. The Bertz CT molecular complexity index is 821. The first kappa shape index (κ1) is 14.1. The van der Waals surface area contributed by atoms with E-state index in [0.717, 1.165) is 11.3 Å². The minimum Gasteiger partial charge on any atom is -0.419 e. The van der Waals surface area contributed by atoms with Crippen molar-refractivity contribution in [2.45, 2.75) is 6.54 Å². The summed E-state index contributed by atoms with van der Waals surface area (Å²) >= 11 is 5.85. The summed E-state index contributed by atoms with van der Waals surface area (Å²) in [6.07, 6.45) is 0. The molecule has 3 aromatic rings. The molecule has 0 amide bonds. The standard InChI is InChI=1S/C16H11ClN4O/c17-13-6-4-12(5-7-13)16-21-20-15(22-16)10-19-14-3-1-2-11(8-14)9-18/h1-8,19H,10H2. The Balaban J connectivity index is 1.69. The summed E-state index contributed by atoms with van der Waals surface area (Å²) in [6.45, 7) is 0.384. The molecule has 1 heterocycles. The summed E-state index contributed by atoms with van der Waals surface area (Å²) in [5.74, 6) is 0.909. The fourth-order valence-electron chi connectivity index (χ4n) is 1.91. The Morgan fingerprint density at radius 2 is 1.95 bits per heavy atom. The lowest BCUT2D eigenvalue weighted by atomic mass is 10.2. The van der Waals surface area contributed by atoms with Crippen molar-refractivity contribution in [1.82, 2.24) is 10.2 Å². The van der Waals surface area contributed by atoms with Gasteiger partial charge in [-0.3, -0.25) is 0 Å². The lowest BCUT2D eigenvalue weighted by Crippen LogP contribution is -1.99. The number of halogens is 1. The number of nitrogens with one attached hydrogen (secondary N) is 1. The average Bonchev–Trinajstić information content (AvgIpc) is 3.03. The van der Waals surface area contributed by atoms with Crippen LogP contribution in [0, 0.1) is 11.3 Å². The zero-order valence-electron chi connectivity index (χ0n) is 11.5. The van der Waals surface area contributed by atoms with Crippen LogP contribution < -0.4 is 5.32 Å². The molecule has 0 aliphatic carbocycles. The minimum absolute atomic E-state index is 0.384. The lowest BCUT2D eigenvalue weighted by Gasteiger charge is -2.03. The maximum absolute atomic E-state index is 8.87. The first-order chi connectivity index (χ1) is 10.7. The van der Waals surface area contributed by atoms with Crippen molar-refractivity contribution in [3.63, 3.8) is 0 Å². The van der Waals surface area contributed by atoms with Crippen molar-refractivity contribution in [2.24, 2.45) is 0 Å². The molecule has 108 valence electrons. The average molecular weight is 311 g/mol. The second-order valence-electron chi connectivity index (χ2n) is 4.55. The summed E-state index contributed by atoms with van der Waals surface area (Å²) < 4.78 is 5.60. The Hall–Kier alpha value is -2.84. The third kappa shape index (κ3) is 3.25. The first-order valence-corrected chi connectivity index (χ1v) is 6.95. The molecule has 0 aliphatic rings. The third-order valence-corrected chi connectivity index (χ3v) is 3.25. The van der Waals surface area contributed by atoms with Crippen molar-refractivity contribution in [2.75, 3.05) is 5.32 Å². The molecule has 1 N–H and O–H groups in total. The summed E-state index contributed by atoms with van der Waals surface area (Å²) in [5, 5.41) is 20.7. The number of nitrogens with zero attached hydrogens (tertiary/aromatic N) is 3. The molecule has 0 spiro atoms. The van der Waals surface area contributed by atoms with Crippen LogP contribution in [0.2, 0.25) is 5.02 Å². The number of nitriles is 1. The van der Waals surface area contributed by atoms with Crippen LogP contribution in [0.5, 0.6) is 0 Å². The van der Waals surface area contributed by atoms with E-state index in [9.17, 15) is 0 Å². The molecule has 5 nitrogen and oxygen atoms in total. The summed E-state index contributed by atoms with van der Waals surface area (Å²) in [5.41, 5.74) is 2.23. The molecule has 0 radical (unpaired) electrons. The molecule has 1 aromatic heterocycles. The van der Waals surface area contributed by atoms with Crippen LogP contribution in [0.3, 0.4) is 0 Å². The molecular formula is C16H11ClN4O. The second-order valence-corrected chi connectivity index (χ2v) is 4.99. The summed E-state index contributed by atoms with van der Waals surface area (Å²) in [6, 6.07) is 16.5. The third-order valence-electron chi connectivity index (χ3n) is 2.99. The SMILES string of the molecule is N#Cc1cccc(NCc2nnc(-c3ccc(Cl)cc3)o2)c1. The lowest BCUT2D eigenvalue weighted by molar-refractivity contribution is 0.515. The maximum Gasteiger partial charge on any atom is 0.247 e. The van der Waals surface area contributed by atoms with Crippen LogP contribution >= 0.6 is 11.6 Å². The van der Waals surface area contributed by atoms with E-state index in [1.807, 2.05) is 24.3 Å². The smallest absolute Gasteiger partial charge is 0.247 e. The molecule has 2 aromatic carbocycles. The van der Waals surface area contributed by atoms with Crippen LogP contribution in [0.1, 0.15) is 11.5 Å². The highest BCUT2D eigenvalue weighted by Crippen LogP contribution is 2.20. The Kier molecular flexibility index (Phi) is 4.03. The molecule has 0 saturated heterocycles. The number of hydrogen-bond donors (Lipinski definition) is 1. The molecule has 0 fully saturated rings. The van der Waals surface area contributed by atoms with Crippen molar-refractivity contribution >= 4 is 17.3 Å². The molecule has 0 bridgehead atoms. The molecular weight excluding hydrogens is 300 g/mol. The molecule has 0 saturated carbocycles. The largest absolute Gasteiger partial charge is 0.419 e. The van der Waals surface area contributed by atoms with Crippen LogP contribution in [-0.2, 0) is 6.54 Å². The van der Waals surface area contributed by atoms with Gasteiger partial charge in [0.1, 0.15) is 0 Å². The number of benzene rings is 2. The van der Waals surface area contributed by atoms with E-state index in [-0.39, 0.29) is 0 Å². The van der Waals surface area contributed by atoms with E-state index in [2.05, 4.69) is 21.6 Å². The van der Waals surface area contributed by atoms with Gasteiger partial charge in [-0.15, -0.1) is 10.2 Å². The maximum atomic E-state index is 8.87. The van der Waals surface area contributed by atoms with Gasteiger partial charge < -0.3 is 9.73 Å². The highest BCUT2D eigenvalue weighted by Gasteiger charge is 2.08. The quantitative estimate of drug-likeness (QED) is 0.791. The van der Waals surface area contributed by atoms with E-state index < -0.39 is 0 Å². The van der Waals surface area contributed by atoms with Crippen molar-refractivity contribution in [1.29, 1.82) is 5.26 Å². The normalized spacial score (nSPS) is 10.2. The fraction of sp³-hybridized carbons (Fsp3) is 0.0625. The van der Waals surface area contributed by atoms with Crippen molar-refractivity contribution in [3.8, 4) is 17.5 Å². The van der Waals surface area contributed by atoms with Crippen LogP contribution in [-0.4, -0.2) is 10.2 Å². The van der Waals surface area contributed by atoms with Gasteiger partial charge in [-0.05, 0) is 42.5 Å². The molecule has 22 heavy (non-hydrogen) atoms. The zero-order chi connectivity index (χ0) is 15.4. The Morgan fingerprint density at radius 1 is 1.14 bits per heavy atom. The summed E-state index contributed by atoms with van der Waals surface area (Å²) in [4.78, 5) is 0. The van der Waals surface area contributed by atoms with Gasteiger partial charge in [0, 0.05) is 16.3 Å². The van der Waals surface area contributed by atoms with Gasteiger partial charge in [0.15, 0.2) is 0 Å². The monoisotopic (exact) mass is 310 g/mol. The van der Waals surface area contributed by atoms with E-state index >= 15 is 0 Å². The van der Waals surface area contributed by atoms with Gasteiger partial charge in [0.05, 0.1) is 18.2 Å². The molecule has 3 rings (SSSR count). The van der Waals surface area contributed by atoms with Gasteiger partial charge >= 0.3 is 0 Å². The first-order valence-electron chi connectivity index (χ1n) is 6.57.